The highest BCUT2D eigenvalue weighted by molar-refractivity contribution is 5.94. The molecular weight excluding hydrogens is 342 g/mol. The van der Waals surface area contributed by atoms with Crippen molar-refractivity contribution in [3.8, 4) is 17.0 Å². The van der Waals surface area contributed by atoms with Crippen LogP contribution >= 0.6 is 0 Å². The number of para-hydroxylation sites is 1. The molecule has 0 N–H and O–H groups in total. The quantitative estimate of drug-likeness (QED) is 0.544. The lowest BCUT2D eigenvalue weighted by Gasteiger charge is -2.13. The summed E-state index contributed by atoms with van der Waals surface area (Å²) in [4.78, 5) is 22.3. The van der Waals surface area contributed by atoms with Crippen LogP contribution in [0.4, 0.5) is 0 Å². The summed E-state index contributed by atoms with van der Waals surface area (Å²) in [6.45, 7) is 4.59. The van der Waals surface area contributed by atoms with E-state index in [1.807, 2.05) is 37.3 Å². The molecule has 0 amide bonds. The highest BCUT2D eigenvalue weighted by Crippen LogP contribution is 2.33. The van der Waals surface area contributed by atoms with Crippen LogP contribution in [0, 0.1) is 6.92 Å². The minimum atomic E-state index is -0.0793. The van der Waals surface area contributed by atoms with Gasteiger partial charge < -0.3 is 9.30 Å². The number of unbranched alkanes of at least 4 members (excludes halogenated alkanes) is 1. The van der Waals surface area contributed by atoms with Gasteiger partial charge in [-0.25, -0.2) is 4.98 Å². The number of nitrogens with zero attached hydrogens (tertiary/aromatic N) is 5. The molecule has 4 aromatic rings. The van der Waals surface area contributed by atoms with Crippen molar-refractivity contribution in [2.45, 2.75) is 33.2 Å². The summed E-state index contributed by atoms with van der Waals surface area (Å²) < 4.78 is 8.93. The largest absolute Gasteiger partial charge is 0.496 e. The Hall–Kier alpha value is -3.22. The third kappa shape index (κ3) is 2.85. The van der Waals surface area contributed by atoms with E-state index in [0.29, 0.717) is 40.5 Å². The number of aryl methyl sites for hydroxylation is 2. The molecule has 1 aromatic carbocycles. The van der Waals surface area contributed by atoms with E-state index in [2.05, 4.69) is 22.0 Å². The molecule has 0 aliphatic heterocycles. The van der Waals surface area contributed by atoms with Gasteiger partial charge in [-0.05, 0) is 31.5 Å². The van der Waals surface area contributed by atoms with Crippen LogP contribution in [-0.2, 0) is 6.54 Å². The number of ether oxygens (including phenoxy) is 1. The molecule has 0 spiro atoms. The summed E-state index contributed by atoms with van der Waals surface area (Å²) in [7, 11) is 1.62. The van der Waals surface area contributed by atoms with Gasteiger partial charge in [0.05, 0.1) is 23.7 Å². The molecule has 3 heterocycles. The number of benzene rings is 1. The molecule has 0 saturated heterocycles. The second-order valence-electron chi connectivity index (χ2n) is 6.46. The van der Waals surface area contributed by atoms with Gasteiger partial charge >= 0.3 is 0 Å². The molecule has 0 radical (unpaired) electrons. The van der Waals surface area contributed by atoms with E-state index >= 15 is 0 Å². The van der Waals surface area contributed by atoms with Crippen LogP contribution in [0.15, 0.2) is 41.3 Å². The molecule has 7 heteroatoms. The fourth-order valence-corrected chi connectivity index (χ4v) is 3.31. The first-order chi connectivity index (χ1) is 13.1. The zero-order chi connectivity index (χ0) is 19.0. The van der Waals surface area contributed by atoms with Crippen molar-refractivity contribution >= 4 is 16.7 Å². The van der Waals surface area contributed by atoms with Crippen molar-refractivity contribution in [1.29, 1.82) is 0 Å². The van der Waals surface area contributed by atoms with Crippen molar-refractivity contribution in [3.63, 3.8) is 0 Å². The standard InChI is InChI=1S/C20H21N5O2/c1-4-5-11-24-12-10-15-17(19(24)26)18(14-8-6-7-9-16(14)27-3)25-20(22-15)21-13(2)23-25/h6-10,12H,4-5,11H2,1-3H3. The Bertz CT molecular complexity index is 1190. The molecule has 4 rings (SSSR count). The summed E-state index contributed by atoms with van der Waals surface area (Å²) in [6.07, 6.45) is 3.76. The summed E-state index contributed by atoms with van der Waals surface area (Å²) in [5.74, 6) is 1.73. The third-order valence-electron chi connectivity index (χ3n) is 4.62. The van der Waals surface area contributed by atoms with Crippen LogP contribution in [0.5, 0.6) is 5.75 Å². The highest BCUT2D eigenvalue weighted by Gasteiger charge is 2.20. The summed E-state index contributed by atoms with van der Waals surface area (Å²) in [5.41, 5.74) is 1.97. The van der Waals surface area contributed by atoms with Crippen molar-refractivity contribution in [1.82, 2.24) is 24.1 Å². The molecule has 27 heavy (non-hydrogen) atoms. The fourth-order valence-electron chi connectivity index (χ4n) is 3.31. The second-order valence-corrected chi connectivity index (χ2v) is 6.46. The van der Waals surface area contributed by atoms with Gasteiger partial charge in [0.1, 0.15) is 11.6 Å². The Morgan fingerprint density at radius 3 is 2.74 bits per heavy atom. The highest BCUT2D eigenvalue weighted by atomic mass is 16.5. The fraction of sp³-hybridized carbons (Fsp3) is 0.300. The van der Waals surface area contributed by atoms with Crippen LogP contribution in [-0.4, -0.2) is 31.3 Å². The zero-order valence-corrected chi connectivity index (χ0v) is 15.6. The van der Waals surface area contributed by atoms with E-state index in [1.54, 1.807) is 22.4 Å². The molecule has 3 aromatic heterocycles. The predicted molar refractivity (Wildman–Crippen MR) is 104 cm³/mol. The average molecular weight is 363 g/mol. The molecule has 138 valence electrons. The smallest absolute Gasteiger partial charge is 0.262 e. The first kappa shape index (κ1) is 17.2. The van der Waals surface area contributed by atoms with Gasteiger partial charge in [-0.15, -0.1) is 5.10 Å². The van der Waals surface area contributed by atoms with Crippen LogP contribution in [0.2, 0.25) is 0 Å². The average Bonchev–Trinajstić information content (AvgIpc) is 3.05. The van der Waals surface area contributed by atoms with Crippen LogP contribution in [0.25, 0.3) is 27.9 Å². The van der Waals surface area contributed by atoms with E-state index < -0.39 is 0 Å². The zero-order valence-electron chi connectivity index (χ0n) is 15.6. The number of aromatic nitrogens is 5. The lowest BCUT2D eigenvalue weighted by molar-refractivity contribution is 0.416. The Kier molecular flexibility index (Phi) is 4.35. The maximum absolute atomic E-state index is 13.3. The first-order valence-corrected chi connectivity index (χ1v) is 9.04. The van der Waals surface area contributed by atoms with Crippen molar-refractivity contribution in [2.75, 3.05) is 7.11 Å². The number of hydrogen-bond donors (Lipinski definition) is 0. The molecule has 0 unspecified atom stereocenters. The molecule has 0 aliphatic carbocycles. The van der Waals surface area contributed by atoms with Crippen molar-refractivity contribution < 1.29 is 4.74 Å². The molecule has 0 aliphatic rings. The van der Waals surface area contributed by atoms with E-state index in [0.717, 1.165) is 18.4 Å². The van der Waals surface area contributed by atoms with Gasteiger partial charge in [0.2, 0.25) is 0 Å². The van der Waals surface area contributed by atoms with Crippen molar-refractivity contribution in [3.05, 3.63) is 52.7 Å². The molecule has 0 atom stereocenters. The van der Waals surface area contributed by atoms with Gasteiger partial charge in [-0.3, -0.25) is 4.79 Å². The monoisotopic (exact) mass is 363 g/mol. The minimum absolute atomic E-state index is 0.0793. The Morgan fingerprint density at radius 1 is 1.15 bits per heavy atom. The van der Waals surface area contributed by atoms with Gasteiger partial charge in [0.25, 0.3) is 11.3 Å². The number of methoxy groups -OCH3 is 1. The predicted octanol–water partition coefficient (Wildman–Crippen LogP) is 3.22. The first-order valence-electron chi connectivity index (χ1n) is 9.04. The van der Waals surface area contributed by atoms with E-state index in [4.69, 9.17) is 4.74 Å². The number of pyridine rings is 1. The maximum atomic E-state index is 13.3. The van der Waals surface area contributed by atoms with Gasteiger partial charge in [-0.2, -0.15) is 9.50 Å². The molecule has 0 fully saturated rings. The lowest BCUT2D eigenvalue weighted by Crippen LogP contribution is -2.21. The molecule has 7 nitrogen and oxygen atoms in total. The lowest BCUT2D eigenvalue weighted by atomic mass is 10.1. The second kappa shape index (κ2) is 6.83. The van der Waals surface area contributed by atoms with Gasteiger partial charge in [0.15, 0.2) is 0 Å². The normalized spacial score (nSPS) is 11.4. The van der Waals surface area contributed by atoms with Gasteiger partial charge in [-0.1, -0.05) is 25.5 Å². The van der Waals surface area contributed by atoms with Crippen LogP contribution < -0.4 is 10.3 Å². The van der Waals surface area contributed by atoms with Crippen LogP contribution in [0.3, 0.4) is 0 Å². The van der Waals surface area contributed by atoms with Crippen molar-refractivity contribution in [2.24, 2.45) is 0 Å². The Labute approximate surface area is 156 Å². The number of hydrogen-bond acceptors (Lipinski definition) is 5. The maximum Gasteiger partial charge on any atom is 0.262 e. The molecule has 0 bridgehead atoms. The molecular formula is C20H21N5O2. The minimum Gasteiger partial charge on any atom is -0.496 e. The number of fused-ring (bicyclic) bond motifs is 2. The Morgan fingerprint density at radius 2 is 1.96 bits per heavy atom. The third-order valence-corrected chi connectivity index (χ3v) is 4.62. The SMILES string of the molecule is CCCCn1ccc2nc3nc(C)nn3c(-c3ccccc3OC)c2c1=O. The topological polar surface area (TPSA) is 74.3 Å². The summed E-state index contributed by atoms with van der Waals surface area (Å²) in [5, 5.41) is 5.01. The summed E-state index contributed by atoms with van der Waals surface area (Å²) >= 11 is 0. The summed E-state index contributed by atoms with van der Waals surface area (Å²) in [6, 6.07) is 9.48. The van der Waals surface area contributed by atoms with E-state index in [1.165, 1.54) is 0 Å². The van der Waals surface area contributed by atoms with E-state index in [9.17, 15) is 4.79 Å². The molecule has 0 saturated carbocycles. The van der Waals surface area contributed by atoms with E-state index in [-0.39, 0.29) is 5.56 Å². The Balaban J connectivity index is 2.15. The van der Waals surface area contributed by atoms with Gasteiger partial charge in [0, 0.05) is 18.3 Å². The number of rotatable bonds is 5. The van der Waals surface area contributed by atoms with Crippen LogP contribution in [0.1, 0.15) is 25.6 Å².